The average Bonchev–Trinajstić information content (AvgIpc) is 2.50. The number of nitrogens with one attached hydrogen (secondary N) is 2. The maximum Gasteiger partial charge on any atom is 0.0723 e. The first-order chi connectivity index (χ1) is 5.43. The SMILES string of the molecule is CCCCCNc1cn[nH]c1. The maximum absolute atomic E-state index is 3.83. The first kappa shape index (κ1) is 8.11. The van der Waals surface area contributed by atoms with E-state index in [0.29, 0.717) is 0 Å². The summed E-state index contributed by atoms with van der Waals surface area (Å²) in [6.07, 6.45) is 7.47. The van der Waals surface area contributed by atoms with Gasteiger partial charge in [-0.05, 0) is 6.42 Å². The van der Waals surface area contributed by atoms with Crippen LogP contribution >= 0.6 is 0 Å². The molecule has 62 valence electrons. The van der Waals surface area contributed by atoms with Crippen molar-refractivity contribution in [3.8, 4) is 0 Å². The average molecular weight is 153 g/mol. The molecule has 0 aromatic carbocycles. The van der Waals surface area contributed by atoms with Gasteiger partial charge < -0.3 is 5.32 Å². The van der Waals surface area contributed by atoms with Gasteiger partial charge >= 0.3 is 0 Å². The molecule has 0 aliphatic heterocycles. The summed E-state index contributed by atoms with van der Waals surface area (Å²) >= 11 is 0. The number of unbranched alkanes of at least 4 members (excludes halogenated alkanes) is 2. The first-order valence-corrected chi connectivity index (χ1v) is 4.16. The zero-order valence-corrected chi connectivity index (χ0v) is 6.93. The topological polar surface area (TPSA) is 40.7 Å². The van der Waals surface area contributed by atoms with Crippen LogP contribution in [0.25, 0.3) is 0 Å². The molecule has 0 aliphatic rings. The van der Waals surface area contributed by atoms with Crippen molar-refractivity contribution in [2.24, 2.45) is 0 Å². The molecular weight excluding hydrogens is 138 g/mol. The summed E-state index contributed by atoms with van der Waals surface area (Å²) in [5.74, 6) is 0. The fourth-order valence-corrected chi connectivity index (χ4v) is 0.955. The monoisotopic (exact) mass is 153 g/mol. The zero-order valence-electron chi connectivity index (χ0n) is 6.93. The van der Waals surface area contributed by atoms with Crippen LogP contribution in [0, 0.1) is 0 Å². The molecule has 0 radical (unpaired) electrons. The van der Waals surface area contributed by atoms with Crippen molar-refractivity contribution in [2.45, 2.75) is 26.2 Å². The van der Waals surface area contributed by atoms with Crippen molar-refractivity contribution in [3.05, 3.63) is 12.4 Å². The number of H-pyrrole nitrogens is 1. The molecule has 1 rings (SSSR count). The second-order valence-corrected chi connectivity index (χ2v) is 2.62. The first-order valence-electron chi connectivity index (χ1n) is 4.16. The minimum Gasteiger partial charge on any atom is -0.383 e. The van der Waals surface area contributed by atoms with Gasteiger partial charge in [-0.1, -0.05) is 19.8 Å². The van der Waals surface area contributed by atoms with Crippen LogP contribution < -0.4 is 5.32 Å². The van der Waals surface area contributed by atoms with Crippen LogP contribution in [0.3, 0.4) is 0 Å². The molecule has 1 aromatic rings. The molecule has 0 bridgehead atoms. The number of rotatable bonds is 5. The molecule has 0 atom stereocenters. The fraction of sp³-hybridized carbons (Fsp3) is 0.625. The van der Waals surface area contributed by atoms with Crippen molar-refractivity contribution in [1.29, 1.82) is 0 Å². The van der Waals surface area contributed by atoms with Gasteiger partial charge in [0.15, 0.2) is 0 Å². The molecule has 0 amide bonds. The lowest BCUT2D eigenvalue weighted by molar-refractivity contribution is 0.744. The minimum absolute atomic E-state index is 1.05. The Balaban J connectivity index is 2.04. The quantitative estimate of drug-likeness (QED) is 0.635. The number of anilines is 1. The van der Waals surface area contributed by atoms with Gasteiger partial charge in [-0.2, -0.15) is 5.10 Å². The third-order valence-electron chi connectivity index (χ3n) is 1.61. The summed E-state index contributed by atoms with van der Waals surface area (Å²) in [7, 11) is 0. The fourth-order valence-electron chi connectivity index (χ4n) is 0.955. The Morgan fingerprint density at radius 2 is 2.45 bits per heavy atom. The van der Waals surface area contributed by atoms with Gasteiger partial charge in [0.25, 0.3) is 0 Å². The molecule has 0 aliphatic carbocycles. The Labute approximate surface area is 67.2 Å². The van der Waals surface area contributed by atoms with Gasteiger partial charge in [-0.15, -0.1) is 0 Å². The van der Waals surface area contributed by atoms with Crippen molar-refractivity contribution >= 4 is 5.69 Å². The molecule has 0 unspecified atom stereocenters. The van der Waals surface area contributed by atoms with Crippen molar-refractivity contribution in [3.63, 3.8) is 0 Å². The molecule has 11 heavy (non-hydrogen) atoms. The summed E-state index contributed by atoms with van der Waals surface area (Å²) < 4.78 is 0. The van der Waals surface area contributed by atoms with Crippen molar-refractivity contribution in [1.82, 2.24) is 10.2 Å². The van der Waals surface area contributed by atoms with Gasteiger partial charge in [-0.3, -0.25) is 5.10 Å². The van der Waals surface area contributed by atoms with E-state index in [1.165, 1.54) is 19.3 Å². The van der Waals surface area contributed by atoms with E-state index < -0.39 is 0 Å². The van der Waals surface area contributed by atoms with E-state index in [4.69, 9.17) is 0 Å². The molecule has 1 heterocycles. The summed E-state index contributed by atoms with van der Waals surface area (Å²) in [6, 6.07) is 0. The lowest BCUT2D eigenvalue weighted by Crippen LogP contribution is -1.99. The number of hydrogen-bond acceptors (Lipinski definition) is 2. The summed E-state index contributed by atoms with van der Waals surface area (Å²) in [5.41, 5.74) is 1.08. The number of aromatic nitrogens is 2. The Hall–Kier alpha value is -0.990. The molecule has 0 saturated heterocycles. The highest BCUT2D eigenvalue weighted by molar-refractivity contribution is 5.37. The van der Waals surface area contributed by atoms with Crippen LogP contribution in [0.1, 0.15) is 26.2 Å². The van der Waals surface area contributed by atoms with E-state index in [1.807, 2.05) is 6.20 Å². The maximum atomic E-state index is 3.83. The van der Waals surface area contributed by atoms with Gasteiger partial charge in [0, 0.05) is 12.7 Å². The third-order valence-corrected chi connectivity index (χ3v) is 1.61. The van der Waals surface area contributed by atoms with Gasteiger partial charge in [0.05, 0.1) is 11.9 Å². The highest BCUT2D eigenvalue weighted by Gasteiger charge is 1.89. The van der Waals surface area contributed by atoms with Crippen LogP contribution in [-0.2, 0) is 0 Å². The standard InChI is InChI=1S/C8H15N3/c1-2-3-4-5-9-8-6-10-11-7-8/h6-7,9H,2-5H2,1H3,(H,10,11). The van der Waals surface area contributed by atoms with Gasteiger partial charge in [0.2, 0.25) is 0 Å². The second kappa shape index (κ2) is 4.77. The van der Waals surface area contributed by atoms with E-state index in [9.17, 15) is 0 Å². The second-order valence-electron chi connectivity index (χ2n) is 2.62. The molecule has 0 saturated carbocycles. The lowest BCUT2D eigenvalue weighted by atomic mass is 10.2. The minimum atomic E-state index is 1.05. The highest BCUT2D eigenvalue weighted by Crippen LogP contribution is 2.01. The van der Waals surface area contributed by atoms with E-state index >= 15 is 0 Å². The largest absolute Gasteiger partial charge is 0.383 e. The predicted molar refractivity (Wildman–Crippen MR) is 46.6 cm³/mol. The van der Waals surface area contributed by atoms with Crippen LogP contribution in [0.4, 0.5) is 5.69 Å². The van der Waals surface area contributed by atoms with Crippen LogP contribution in [-0.4, -0.2) is 16.7 Å². The van der Waals surface area contributed by atoms with Crippen LogP contribution in [0.5, 0.6) is 0 Å². The van der Waals surface area contributed by atoms with Gasteiger partial charge in [0.1, 0.15) is 0 Å². The Bertz CT molecular complexity index is 169. The molecule has 1 aromatic heterocycles. The summed E-state index contributed by atoms with van der Waals surface area (Å²) in [4.78, 5) is 0. The number of nitrogens with zero attached hydrogens (tertiary/aromatic N) is 1. The third kappa shape index (κ3) is 3.07. The van der Waals surface area contributed by atoms with E-state index in [0.717, 1.165) is 12.2 Å². The van der Waals surface area contributed by atoms with Gasteiger partial charge in [-0.25, -0.2) is 0 Å². The molecule has 2 N–H and O–H groups in total. The number of aromatic amines is 1. The highest BCUT2D eigenvalue weighted by atomic mass is 15.1. The Kier molecular flexibility index (Phi) is 3.52. The van der Waals surface area contributed by atoms with E-state index in [1.54, 1.807) is 6.20 Å². The van der Waals surface area contributed by atoms with E-state index in [-0.39, 0.29) is 0 Å². The van der Waals surface area contributed by atoms with Crippen molar-refractivity contribution in [2.75, 3.05) is 11.9 Å². The number of hydrogen-bond donors (Lipinski definition) is 2. The Morgan fingerprint density at radius 3 is 3.09 bits per heavy atom. The lowest BCUT2D eigenvalue weighted by Gasteiger charge is -2.00. The summed E-state index contributed by atoms with van der Waals surface area (Å²) in [6.45, 7) is 3.26. The van der Waals surface area contributed by atoms with Crippen LogP contribution in [0.15, 0.2) is 12.4 Å². The summed E-state index contributed by atoms with van der Waals surface area (Å²) in [5, 5.41) is 9.86. The zero-order chi connectivity index (χ0) is 7.94. The normalized spacial score (nSPS) is 9.91. The predicted octanol–water partition coefficient (Wildman–Crippen LogP) is 2.01. The van der Waals surface area contributed by atoms with E-state index in [2.05, 4.69) is 22.4 Å². The Morgan fingerprint density at radius 1 is 1.55 bits per heavy atom. The van der Waals surface area contributed by atoms with Crippen LogP contribution in [0.2, 0.25) is 0 Å². The molecule has 3 heteroatoms. The van der Waals surface area contributed by atoms with Crippen molar-refractivity contribution < 1.29 is 0 Å². The molecular formula is C8H15N3. The molecule has 0 fully saturated rings. The molecule has 3 nitrogen and oxygen atoms in total. The smallest absolute Gasteiger partial charge is 0.0723 e. The molecule has 0 spiro atoms.